The molecule has 0 spiro atoms. The van der Waals surface area contributed by atoms with Crippen LogP contribution in [0.5, 0.6) is 0 Å². The summed E-state index contributed by atoms with van der Waals surface area (Å²) in [6, 6.07) is 3.74. The summed E-state index contributed by atoms with van der Waals surface area (Å²) in [5, 5.41) is 0.777. The van der Waals surface area contributed by atoms with Crippen LogP contribution in [0.2, 0.25) is 5.02 Å². The fourth-order valence-corrected chi connectivity index (χ4v) is 2.36. The number of nitrogens with zero attached hydrogens (tertiary/aromatic N) is 1. The Morgan fingerprint density at radius 3 is 2.93 bits per heavy atom. The second-order valence-corrected chi connectivity index (χ2v) is 5.24. The van der Waals surface area contributed by atoms with Crippen LogP contribution >= 0.6 is 23.4 Å². The lowest BCUT2D eigenvalue weighted by atomic mass is 10.2. The molecule has 0 aliphatic heterocycles. The van der Waals surface area contributed by atoms with Crippen molar-refractivity contribution in [2.24, 2.45) is 5.92 Å². The van der Waals surface area contributed by atoms with Crippen molar-refractivity contribution in [2.75, 3.05) is 5.75 Å². The molecule has 0 N–H and O–H groups in total. The van der Waals surface area contributed by atoms with E-state index in [2.05, 4.69) is 18.8 Å². The van der Waals surface area contributed by atoms with Gasteiger partial charge in [0.05, 0.1) is 5.69 Å². The fourth-order valence-electron chi connectivity index (χ4n) is 1.02. The summed E-state index contributed by atoms with van der Waals surface area (Å²) in [5.41, 5.74) is 1.08. The van der Waals surface area contributed by atoms with Gasteiger partial charge in [0, 0.05) is 17.0 Å². The summed E-state index contributed by atoms with van der Waals surface area (Å²) in [6.07, 6.45) is 3.03. The molecule has 14 heavy (non-hydrogen) atoms. The second kappa shape index (κ2) is 6.31. The molecular weight excluding hydrogens is 214 g/mol. The Morgan fingerprint density at radius 2 is 2.29 bits per heavy atom. The number of thioether (sulfide) groups is 1. The van der Waals surface area contributed by atoms with E-state index < -0.39 is 0 Å². The topological polar surface area (TPSA) is 12.9 Å². The summed E-state index contributed by atoms with van der Waals surface area (Å²) >= 11 is 7.78. The monoisotopic (exact) mass is 229 g/mol. The Morgan fingerprint density at radius 1 is 1.50 bits per heavy atom. The van der Waals surface area contributed by atoms with Gasteiger partial charge < -0.3 is 0 Å². The molecule has 0 amide bonds. The third-order valence-electron chi connectivity index (χ3n) is 1.87. The molecule has 0 saturated carbocycles. The Bertz CT molecular complexity index is 276. The van der Waals surface area contributed by atoms with Gasteiger partial charge in [-0.25, -0.2) is 0 Å². The van der Waals surface area contributed by atoms with Crippen LogP contribution in [0.1, 0.15) is 26.0 Å². The number of aromatic nitrogens is 1. The summed E-state index contributed by atoms with van der Waals surface area (Å²) in [7, 11) is 0. The number of halogens is 1. The smallest absolute Gasteiger partial charge is 0.0517 e. The van der Waals surface area contributed by atoms with E-state index in [4.69, 9.17) is 11.6 Å². The number of hydrogen-bond acceptors (Lipinski definition) is 2. The van der Waals surface area contributed by atoms with Crippen molar-refractivity contribution in [2.45, 2.75) is 26.0 Å². The average molecular weight is 230 g/mol. The largest absolute Gasteiger partial charge is 0.260 e. The molecule has 0 saturated heterocycles. The molecular formula is C11H16ClNS. The van der Waals surface area contributed by atoms with E-state index in [1.807, 2.05) is 23.9 Å². The predicted molar refractivity (Wildman–Crippen MR) is 64.9 cm³/mol. The maximum absolute atomic E-state index is 5.86. The fraction of sp³-hybridized carbons (Fsp3) is 0.545. The summed E-state index contributed by atoms with van der Waals surface area (Å²) in [4.78, 5) is 4.25. The van der Waals surface area contributed by atoms with E-state index in [0.717, 1.165) is 22.4 Å². The Hall–Kier alpha value is -0.210. The Kier molecular flexibility index (Phi) is 5.34. The zero-order chi connectivity index (χ0) is 10.4. The van der Waals surface area contributed by atoms with Crippen molar-refractivity contribution in [3.8, 4) is 0 Å². The van der Waals surface area contributed by atoms with E-state index in [-0.39, 0.29) is 0 Å². The maximum Gasteiger partial charge on any atom is 0.0517 e. The molecule has 0 fully saturated rings. The van der Waals surface area contributed by atoms with Crippen molar-refractivity contribution in [3.63, 3.8) is 0 Å². The Balaban J connectivity index is 2.25. The van der Waals surface area contributed by atoms with Crippen molar-refractivity contribution in [1.29, 1.82) is 0 Å². The molecule has 0 atom stereocenters. The summed E-state index contributed by atoms with van der Waals surface area (Å²) < 4.78 is 0. The van der Waals surface area contributed by atoms with Crippen molar-refractivity contribution >= 4 is 23.4 Å². The molecule has 1 aromatic rings. The molecule has 0 radical (unpaired) electrons. The molecule has 1 aromatic heterocycles. The van der Waals surface area contributed by atoms with Gasteiger partial charge in [-0.15, -0.1) is 0 Å². The van der Waals surface area contributed by atoms with Gasteiger partial charge in [-0.3, -0.25) is 4.98 Å². The van der Waals surface area contributed by atoms with Crippen molar-refractivity contribution < 1.29 is 0 Å². The predicted octanol–water partition coefficient (Wildman–Crippen LogP) is 4.01. The van der Waals surface area contributed by atoms with Crippen LogP contribution in [0.25, 0.3) is 0 Å². The maximum atomic E-state index is 5.86. The molecule has 78 valence electrons. The van der Waals surface area contributed by atoms with Gasteiger partial charge in [0.1, 0.15) is 0 Å². The number of pyridine rings is 1. The van der Waals surface area contributed by atoms with Gasteiger partial charge in [-0.05, 0) is 30.2 Å². The lowest BCUT2D eigenvalue weighted by Crippen LogP contribution is -1.91. The normalized spacial score (nSPS) is 10.9. The summed E-state index contributed by atoms with van der Waals surface area (Å²) in [5.74, 6) is 2.95. The van der Waals surface area contributed by atoms with Gasteiger partial charge in [0.2, 0.25) is 0 Å². The minimum Gasteiger partial charge on any atom is -0.260 e. The van der Waals surface area contributed by atoms with Gasteiger partial charge in [-0.2, -0.15) is 11.8 Å². The van der Waals surface area contributed by atoms with E-state index in [0.29, 0.717) is 0 Å². The summed E-state index contributed by atoms with van der Waals surface area (Å²) in [6.45, 7) is 4.50. The standard InChI is InChI=1S/C11H16ClNS/c1-9(2)4-6-14-8-11-7-10(12)3-5-13-11/h3,5,7,9H,4,6,8H2,1-2H3. The molecule has 1 heterocycles. The average Bonchev–Trinajstić information content (AvgIpc) is 2.12. The first-order chi connectivity index (χ1) is 6.68. The van der Waals surface area contributed by atoms with E-state index >= 15 is 0 Å². The van der Waals surface area contributed by atoms with Crippen LogP contribution in [0, 0.1) is 5.92 Å². The van der Waals surface area contributed by atoms with Crippen LogP contribution in [-0.2, 0) is 5.75 Å². The lowest BCUT2D eigenvalue weighted by Gasteiger charge is -2.04. The molecule has 3 heteroatoms. The highest BCUT2D eigenvalue weighted by atomic mass is 35.5. The van der Waals surface area contributed by atoms with Crippen molar-refractivity contribution in [1.82, 2.24) is 4.98 Å². The zero-order valence-corrected chi connectivity index (χ0v) is 10.2. The van der Waals surface area contributed by atoms with Crippen LogP contribution in [0.15, 0.2) is 18.3 Å². The second-order valence-electron chi connectivity index (χ2n) is 3.70. The highest BCUT2D eigenvalue weighted by Crippen LogP contribution is 2.16. The number of rotatable bonds is 5. The molecule has 0 aromatic carbocycles. The molecule has 0 unspecified atom stereocenters. The molecule has 0 bridgehead atoms. The first kappa shape index (κ1) is 11.9. The SMILES string of the molecule is CC(C)CCSCc1cc(Cl)ccn1. The Labute approximate surface area is 95.3 Å². The third-order valence-corrected chi connectivity index (χ3v) is 3.13. The van der Waals surface area contributed by atoms with E-state index in [9.17, 15) is 0 Å². The van der Waals surface area contributed by atoms with Crippen LogP contribution in [0.3, 0.4) is 0 Å². The van der Waals surface area contributed by atoms with E-state index in [1.54, 1.807) is 6.20 Å². The molecule has 1 rings (SSSR count). The van der Waals surface area contributed by atoms with Gasteiger partial charge in [0.15, 0.2) is 0 Å². The molecule has 0 aliphatic rings. The van der Waals surface area contributed by atoms with Crippen LogP contribution < -0.4 is 0 Å². The molecule has 0 aliphatic carbocycles. The van der Waals surface area contributed by atoms with Crippen LogP contribution in [-0.4, -0.2) is 10.7 Å². The highest BCUT2D eigenvalue weighted by Gasteiger charge is 1.98. The van der Waals surface area contributed by atoms with Crippen LogP contribution in [0.4, 0.5) is 0 Å². The highest BCUT2D eigenvalue weighted by molar-refractivity contribution is 7.98. The lowest BCUT2D eigenvalue weighted by molar-refractivity contribution is 0.632. The van der Waals surface area contributed by atoms with Gasteiger partial charge >= 0.3 is 0 Å². The van der Waals surface area contributed by atoms with Gasteiger partial charge in [0.25, 0.3) is 0 Å². The third kappa shape index (κ3) is 4.87. The zero-order valence-electron chi connectivity index (χ0n) is 8.66. The first-order valence-electron chi connectivity index (χ1n) is 4.86. The molecule has 1 nitrogen and oxygen atoms in total. The van der Waals surface area contributed by atoms with Gasteiger partial charge in [-0.1, -0.05) is 25.4 Å². The van der Waals surface area contributed by atoms with Crippen molar-refractivity contribution in [3.05, 3.63) is 29.0 Å². The first-order valence-corrected chi connectivity index (χ1v) is 6.40. The van der Waals surface area contributed by atoms with E-state index in [1.165, 1.54) is 12.2 Å². The quantitative estimate of drug-likeness (QED) is 0.708. The minimum atomic E-state index is 0.777. The number of hydrogen-bond donors (Lipinski definition) is 0. The minimum absolute atomic E-state index is 0.777.